The average Bonchev–Trinajstić information content (AvgIpc) is 2.48. The molecule has 0 radical (unpaired) electrons. The molecule has 21 heavy (non-hydrogen) atoms. The smallest absolute Gasteiger partial charge is 0.311 e. The molecule has 0 saturated carbocycles. The van der Waals surface area contributed by atoms with Crippen LogP contribution in [0, 0.1) is 17.0 Å². The Hall–Kier alpha value is -1.73. The van der Waals surface area contributed by atoms with E-state index in [0.717, 1.165) is 38.0 Å². The van der Waals surface area contributed by atoms with E-state index in [4.69, 9.17) is 10.5 Å². The summed E-state index contributed by atoms with van der Waals surface area (Å²) in [4.78, 5) is 17.1. The number of aryl methyl sites for hydroxylation is 1. The number of nitrogens with zero attached hydrogens (tertiary/aromatic N) is 3. The van der Waals surface area contributed by atoms with Crippen LogP contribution in [0.1, 0.15) is 25.0 Å². The molecule has 1 aliphatic rings. The Kier molecular flexibility index (Phi) is 5.46. The lowest BCUT2D eigenvalue weighted by Gasteiger charge is -2.32. The third-order valence-electron chi connectivity index (χ3n) is 3.63. The molecule has 0 spiro atoms. The molecule has 0 aliphatic carbocycles. The van der Waals surface area contributed by atoms with E-state index in [2.05, 4.69) is 4.98 Å². The number of ether oxygens (including phenoxy) is 1. The molecule has 0 unspecified atom stereocenters. The summed E-state index contributed by atoms with van der Waals surface area (Å²) in [6.45, 7) is 4.62. The summed E-state index contributed by atoms with van der Waals surface area (Å²) in [5, 5.41) is 11.1. The minimum atomic E-state index is -0.369. The zero-order valence-corrected chi connectivity index (χ0v) is 12.3. The average molecular weight is 294 g/mol. The van der Waals surface area contributed by atoms with Gasteiger partial charge in [-0.3, -0.25) is 10.1 Å². The predicted octanol–water partition coefficient (Wildman–Crippen LogP) is 1.63. The van der Waals surface area contributed by atoms with Gasteiger partial charge in [0.05, 0.1) is 11.0 Å². The molecule has 0 amide bonds. The van der Waals surface area contributed by atoms with E-state index in [-0.39, 0.29) is 16.7 Å². The number of rotatable bonds is 6. The minimum absolute atomic E-state index is 0.0723. The van der Waals surface area contributed by atoms with Crippen molar-refractivity contribution in [3.8, 4) is 0 Å². The summed E-state index contributed by atoms with van der Waals surface area (Å²) in [5.41, 5.74) is 6.30. The van der Waals surface area contributed by atoms with E-state index in [1.165, 1.54) is 6.07 Å². The summed E-state index contributed by atoms with van der Waals surface area (Å²) in [5.74, 6) is 0.473. The molecular weight excluding hydrogens is 272 g/mol. The van der Waals surface area contributed by atoms with Gasteiger partial charge in [0.2, 0.25) is 5.82 Å². The summed E-state index contributed by atoms with van der Waals surface area (Å²) in [6, 6.07) is 3.20. The van der Waals surface area contributed by atoms with Crippen LogP contribution in [0.3, 0.4) is 0 Å². The Morgan fingerprint density at radius 1 is 1.48 bits per heavy atom. The number of anilines is 1. The summed E-state index contributed by atoms with van der Waals surface area (Å²) >= 11 is 0. The van der Waals surface area contributed by atoms with E-state index < -0.39 is 0 Å². The zero-order valence-electron chi connectivity index (χ0n) is 12.3. The Bertz CT molecular complexity index is 487. The van der Waals surface area contributed by atoms with Gasteiger partial charge in [-0.25, -0.2) is 4.98 Å². The predicted molar refractivity (Wildman–Crippen MR) is 80.5 cm³/mol. The van der Waals surface area contributed by atoms with E-state index in [1.54, 1.807) is 6.07 Å². The first-order valence-corrected chi connectivity index (χ1v) is 7.30. The van der Waals surface area contributed by atoms with Crippen molar-refractivity contribution in [1.82, 2.24) is 4.98 Å². The highest BCUT2D eigenvalue weighted by Crippen LogP contribution is 2.29. The molecule has 2 heterocycles. The summed E-state index contributed by atoms with van der Waals surface area (Å²) in [7, 11) is 0. The van der Waals surface area contributed by atoms with Crippen molar-refractivity contribution in [2.45, 2.75) is 32.3 Å². The Balaban J connectivity index is 1.99. The first kappa shape index (κ1) is 15.7. The van der Waals surface area contributed by atoms with Crippen molar-refractivity contribution in [1.29, 1.82) is 0 Å². The van der Waals surface area contributed by atoms with Gasteiger partial charge in [-0.15, -0.1) is 0 Å². The van der Waals surface area contributed by atoms with Crippen molar-refractivity contribution in [3.05, 3.63) is 27.9 Å². The van der Waals surface area contributed by atoms with Gasteiger partial charge in [-0.2, -0.15) is 0 Å². The van der Waals surface area contributed by atoms with E-state index in [0.29, 0.717) is 19.0 Å². The fraction of sp³-hybridized carbons (Fsp3) is 0.643. The number of hydrogen-bond donors (Lipinski definition) is 1. The quantitative estimate of drug-likeness (QED) is 0.487. The first-order valence-electron chi connectivity index (χ1n) is 7.30. The Morgan fingerprint density at radius 2 is 2.19 bits per heavy atom. The van der Waals surface area contributed by atoms with Crippen molar-refractivity contribution < 1.29 is 9.66 Å². The highest BCUT2D eigenvalue weighted by molar-refractivity contribution is 5.58. The molecule has 1 fully saturated rings. The monoisotopic (exact) mass is 294 g/mol. The van der Waals surface area contributed by atoms with E-state index in [9.17, 15) is 10.1 Å². The maximum Gasteiger partial charge on any atom is 0.311 e. The summed E-state index contributed by atoms with van der Waals surface area (Å²) < 4.78 is 5.75. The lowest BCUT2D eigenvalue weighted by Crippen LogP contribution is -2.38. The number of piperidine rings is 1. The standard InChI is InChI=1S/C14H22N4O3/c1-11-3-4-13(18(19)20)14(16-11)17-8-5-12(6-9-17)21-10-2-7-15/h3-4,12H,2,5-10,15H2,1H3. The maximum atomic E-state index is 11.1. The van der Waals surface area contributed by atoms with E-state index in [1.807, 2.05) is 11.8 Å². The number of hydrogen-bond acceptors (Lipinski definition) is 6. The van der Waals surface area contributed by atoms with Crippen LogP contribution in [0.5, 0.6) is 0 Å². The van der Waals surface area contributed by atoms with Crippen LogP contribution >= 0.6 is 0 Å². The number of aromatic nitrogens is 1. The molecular formula is C14H22N4O3. The lowest BCUT2D eigenvalue weighted by atomic mass is 10.1. The minimum Gasteiger partial charge on any atom is -0.378 e. The van der Waals surface area contributed by atoms with Crippen molar-refractivity contribution in [2.24, 2.45) is 5.73 Å². The van der Waals surface area contributed by atoms with Gasteiger partial charge in [-0.05, 0) is 38.8 Å². The van der Waals surface area contributed by atoms with Crippen molar-refractivity contribution in [3.63, 3.8) is 0 Å². The molecule has 1 aliphatic heterocycles. The normalized spacial score (nSPS) is 16.2. The van der Waals surface area contributed by atoms with Crippen molar-refractivity contribution in [2.75, 3.05) is 31.1 Å². The van der Waals surface area contributed by atoms with Gasteiger partial charge < -0.3 is 15.4 Å². The van der Waals surface area contributed by atoms with Gasteiger partial charge in [0.1, 0.15) is 0 Å². The molecule has 1 saturated heterocycles. The van der Waals surface area contributed by atoms with Crippen LogP contribution in [0.4, 0.5) is 11.5 Å². The molecule has 7 nitrogen and oxygen atoms in total. The van der Waals surface area contributed by atoms with Gasteiger partial charge in [0.15, 0.2) is 0 Å². The Labute approximate surface area is 124 Å². The molecule has 1 aromatic heterocycles. The highest BCUT2D eigenvalue weighted by Gasteiger charge is 2.26. The van der Waals surface area contributed by atoms with Gasteiger partial charge in [0, 0.05) is 31.5 Å². The van der Waals surface area contributed by atoms with Gasteiger partial charge in [0.25, 0.3) is 0 Å². The molecule has 116 valence electrons. The molecule has 2 N–H and O–H groups in total. The number of nitro groups is 1. The SMILES string of the molecule is Cc1ccc([N+](=O)[O-])c(N2CCC(OCCCN)CC2)n1. The molecule has 0 bridgehead atoms. The van der Waals surface area contributed by atoms with Crippen LogP contribution in [0.2, 0.25) is 0 Å². The third kappa shape index (κ3) is 4.12. The maximum absolute atomic E-state index is 11.1. The lowest BCUT2D eigenvalue weighted by molar-refractivity contribution is -0.384. The van der Waals surface area contributed by atoms with Gasteiger partial charge in [-0.1, -0.05) is 0 Å². The second-order valence-electron chi connectivity index (χ2n) is 5.25. The van der Waals surface area contributed by atoms with Crippen LogP contribution in [-0.2, 0) is 4.74 Å². The topological polar surface area (TPSA) is 94.5 Å². The van der Waals surface area contributed by atoms with Crippen molar-refractivity contribution >= 4 is 11.5 Å². The number of nitrogens with two attached hydrogens (primary N) is 1. The molecule has 2 rings (SSSR count). The fourth-order valence-electron chi connectivity index (χ4n) is 2.48. The van der Waals surface area contributed by atoms with Gasteiger partial charge >= 0.3 is 5.69 Å². The molecule has 0 atom stereocenters. The van der Waals surface area contributed by atoms with E-state index >= 15 is 0 Å². The molecule has 7 heteroatoms. The Morgan fingerprint density at radius 3 is 2.81 bits per heavy atom. The summed E-state index contributed by atoms with van der Waals surface area (Å²) in [6.07, 6.45) is 2.80. The first-order chi connectivity index (χ1) is 10.1. The number of pyridine rings is 1. The third-order valence-corrected chi connectivity index (χ3v) is 3.63. The second-order valence-corrected chi connectivity index (χ2v) is 5.25. The molecule has 1 aromatic rings. The zero-order chi connectivity index (χ0) is 15.2. The van der Waals surface area contributed by atoms with Crippen LogP contribution in [-0.4, -0.2) is 42.3 Å². The second kappa shape index (κ2) is 7.33. The van der Waals surface area contributed by atoms with Crippen LogP contribution in [0.15, 0.2) is 12.1 Å². The van der Waals surface area contributed by atoms with Crippen LogP contribution in [0.25, 0.3) is 0 Å². The highest BCUT2D eigenvalue weighted by atomic mass is 16.6. The van der Waals surface area contributed by atoms with Crippen LogP contribution < -0.4 is 10.6 Å². The fourth-order valence-corrected chi connectivity index (χ4v) is 2.48. The largest absolute Gasteiger partial charge is 0.378 e. The molecule has 0 aromatic carbocycles.